The Morgan fingerprint density at radius 3 is 2.41 bits per heavy atom. The Labute approximate surface area is 193 Å². The molecule has 0 atom stereocenters. The van der Waals surface area contributed by atoms with E-state index < -0.39 is 15.9 Å². The van der Waals surface area contributed by atoms with E-state index in [1.807, 2.05) is 0 Å². The van der Waals surface area contributed by atoms with Gasteiger partial charge in [0.2, 0.25) is 5.95 Å². The van der Waals surface area contributed by atoms with Crippen LogP contribution in [0.2, 0.25) is 0 Å². The Hall–Kier alpha value is -4.45. The quantitative estimate of drug-likeness (QED) is 0.426. The van der Waals surface area contributed by atoms with Gasteiger partial charge in [-0.05, 0) is 48.5 Å². The van der Waals surface area contributed by atoms with Crippen LogP contribution in [0, 0.1) is 0 Å². The lowest BCUT2D eigenvalue weighted by Crippen LogP contribution is -2.15. The number of anilines is 2. The molecular formula is C22H17N5O6S. The minimum atomic E-state index is -3.88. The molecule has 0 bridgehead atoms. The fourth-order valence-electron chi connectivity index (χ4n) is 3.16. The molecule has 2 aromatic heterocycles. The van der Waals surface area contributed by atoms with Crippen molar-refractivity contribution in [1.29, 1.82) is 0 Å². The number of fused-ring (bicyclic) bond motifs is 1. The third-order valence-corrected chi connectivity index (χ3v) is 6.13. The van der Waals surface area contributed by atoms with Crippen molar-refractivity contribution < 1.29 is 27.2 Å². The third kappa shape index (κ3) is 4.52. The predicted octanol–water partition coefficient (Wildman–Crippen LogP) is 2.96. The smallest absolute Gasteiger partial charge is 0.277 e. The van der Waals surface area contributed by atoms with E-state index in [0.29, 0.717) is 41.7 Å². The van der Waals surface area contributed by atoms with Crippen LogP contribution in [0.25, 0.3) is 11.3 Å². The van der Waals surface area contributed by atoms with Gasteiger partial charge in [-0.3, -0.25) is 4.79 Å². The second-order valence-electron chi connectivity index (χ2n) is 7.09. The lowest BCUT2D eigenvalue weighted by molar-refractivity contribution is 0.101. The van der Waals surface area contributed by atoms with Crippen molar-refractivity contribution in [1.82, 2.24) is 15.1 Å². The van der Waals surface area contributed by atoms with Crippen LogP contribution in [0.5, 0.6) is 11.5 Å². The fourth-order valence-corrected chi connectivity index (χ4v) is 4.12. The van der Waals surface area contributed by atoms with Crippen molar-refractivity contribution in [2.75, 3.05) is 23.3 Å². The molecule has 0 spiro atoms. The maximum absolute atomic E-state index is 12.6. The van der Waals surface area contributed by atoms with E-state index in [4.69, 9.17) is 14.0 Å². The van der Waals surface area contributed by atoms with Crippen molar-refractivity contribution in [2.24, 2.45) is 0 Å². The van der Waals surface area contributed by atoms with Gasteiger partial charge in [0.15, 0.2) is 23.0 Å². The first-order chi connectivity index (χ1) is 16.5. The number of sulfonamides is 1. The zero-order valence-electron chi connectivity index (χ0n) is 17.5. The van der Waals surface area contributed by atoms with Gasteiger partial charge in [-0.25, -0.2) is 23.1 Å². The van der Waals surface area contributed by atoms with E-state index in [2.05, 4.69) is 25.2 Å². The summed E-state index contributed by atoms with van der Waals surface area (Å²) in [6.07, 6.45) is 2.85. The number of ether oxygens (including phenoxy) is 2. The molecule has 2 N–H and O–H groups in total. The average molecular weight is 479 g/mol. The molecule has 12 heteroatoms. The number of hydrogen-bond acceptors (Lipinski definition) is 9. The molecule has 1 aliphatic heterocycles. The molecule has 11 nitrogen and oxygen atoms in total. The van der Waals surface area contributed by atoms with Gasteiger partial charge in [0.1, 0.15) is 13.2 Å². The van der Waals surface area contributed by atoms with Crippen molar-refractivity contribution >= 4 is 27.6 Å². The van der Waals surface area contributed by atoms with Gasteiger partial charge < -0.3 is 19.3 Å². The second kappa shape index (κ2) is 8.83. The van der Waals surface area contributed by atoms with Crippen LogP contribution in [-0.2, 0) is 10.0 Å². The first-order valence-electron chi connectivity index (χ1n) is 10.1. The molecule has 0 saturated heterocycles. The highest BCUT2D eigenvalue weighted by atomic mass is 32.2. The van der Waals surface area contributed by atoms with Crippen molar-refractivity contribution in [3.8, 4) is 22.8 Å². The summed E-state index contributed by atoms with van der Waals surface area (Å²) in [6, 6.07) is 14.0. The minimum Gasteiger partial charge on any atom is -0.486 e. The Morgan fingerprint density at radius 1 is 0.912 bits per heavy atom. The number of benzene rings is 2. The zero-order valence-corrected chi connectivity index (χ0v) is 18.3. The van der Waals surface area contributed by atoms with Crippen LogP contribution in [0.15, 0.2) is 76.4 Å². The number of nitrogens with zero attached hydrogens (tertiary/aromatic N) is 3. The second-order valence-corrected chi connectivity index (χ2v) is 8.77. The summed E-state index contributed by atoms with van der Waals surface area (Å²) in [4.78, 5) is 20.3. The summed E-state index contributed by atoms with van der Waals surface area (Å²) in [5.41, 5.74) is 1.12. The Kier molecular flexibility index (Phi) is 5.55. The summed E-state index contributed by atoms with van der Waals surface area (Å²) < 4.78 is 43.6. The van der Waals surface area contributed by atoms with Gasteiger partial charge in [-0.2, -0.15) is 0 Å². The average Bonchev–Trinajstić information content (AvgIpc) is 3.35. The van der Waals surface area contributed by atoms with Crippen LogP contribution in [0.4, 0.5) is 11.6 Å². The van der Waals surface area contributed by atoms with E-state index >= 15 is 0 Å². The van der Waals surface area contributed by atoms with E-state index in [0.717, 1.165) is 0 Å². The van der Waals surface area contributed by atoms with Crippen LogP contribution in [0.1, 0.15) is 10.5 Å². The predicted molar refractivity (Wildman–Crippen MR) is 120 cm³/mol. The Balaban J connectivity index is 1.27. The summed E-state index contributed by atoms with van der Waals surface area (Å²) in [5, 5.41) is 6.48. The van der Waals surface area contributed by atoms with Gasteiger partial charge in [-0.1, -0.05) is 5.16 Å². The molecule has 0 radical (unpaired) electrons. The molecule has 4 aromatic rings. The van der Waals surface area contributed by atoms with E-state index in [-0.39, 0.29) is 16.5 Å². The third-order valence-electron chi connectivity index (χ3n) is 4.78. The van der Waals surface area contributed by atoms with Gasteiger partial charge in [0.25, 0.3) is 15.9 Å². The zero-order chi connectivity index (χ0) is 23.5. The van der Waals surface area contributed by atoms with Crippen LogP contribution in [0.3, 0.4) is 0 Å². The molecule has 2 aromatic carbocycles. The number of hydrogen-bond donors (Lipinski definition) is 2. The highest BCUT2D eigenvalue weighted by Crippen LogP contribution is 2.34. The highest BCUT2D eigenvalue weighted by molar-refractivity contribution is 7.92. The number of carbonyl (C=O) groups excluding carboxylic acids is 1. The largest absolute Gasteiger partial charge is 0.486 e. The van der Waals surface area contributed by atoms with Gasteiger partial charge >= 0.3 is 0 Å². The van der Waals surface area contributed by atoms with Crippen LogP contribution in [-0.4, -0.2) is 42.7 Å². The summed E-state index contributed by atoms with van der Waals surface area (Å²) in [6.45, 7) is 0.945. The summed E-state index contributed by atoms with van der Waals surface area (Å²) in [7, 11) is -3.88. The van der Waals surface area contributed by atoms with E-state index in [1.54, 1.807) is 24.3 Å². The van der Waals surface area contributed by atoms with Crippen LogP contribution >= 0.6 is 0 Å². The molecule has 1 amide bonds. The van der Waals surface area contributed by atoms with Gasteiger partial charge in [-0.15, -0.1) is 0 Å². The summed E-state index contributed by atoms with van der Waals surface area (Å²) >= 11 is 0. The standard InChI is InChI=1S/C22H17N5O6S/c28-21(17-13-19(33-26-17)14-2-7-18-20(12-14)32-11-10-31-18)25-15-3-5-16(6-4-15)34(29,30)27-22-23-8-1-9-24-22/h1-9,12-13H,10-11H2,(H,25,28)(H,23,24,27). The molecule has 0 aliphatic carbocycles. The Morgan fingerprint density at radius 2 is 1.65 bits per heavy atom. The topological polar surface area (TPSA) is 146 Å². The monoisotopic (exact) mass is 479 g/mol. The molecule has 34 heavy (non-hydrogen) atoms. The lowest BCUT2D eigenvalue weighted by Gasteiger charge is -2.18. The van der Waals surface area contributed by atoms with Gasteiger partial charge in [0, 0.05) is 29.7 Å². The van der Waals surface area contributed by atoms with Gasteiger partial charge in [0.05, 0.1) is 4.90 Å². The van der Waals surface area contributed by atoms with Crippen molar-refractivity contribution in [3.63, 3.8) is 0 Å². The molecule has 0 fully saturated rings. The number of carbonyl (C=O) groups is 1. The molecule has 3 heterocycles. The van der Waals surface area contributed by atoms with Crippen molar-refractivity contribution in [3.05, 3.63) is 72.7 Å². The Bertz CT molecular complexity index is 1440. The lowest BCUT2D eigenvalue weighted by atomic mass is 10.1. The molecule has 1 aliphatic rings. The summed E-state index contributed by atoms with van der Waals surface area (Å²) in [5.74, 6) is 1.07. The molecule has 0 unspecified atom stereocenters. The number of aromatic nitrogens is 3. The molecular weight excluding hydrogens is 462 g/mol. The molecule has 5 rings (SSSR count). The first kappa shape index (κ1) is 21.4. The molecule has 0 saturated carbocycles. The fraction of sp³-hybridized carbons (Fsp3) is 0.0909. The number of rotatable bonds is 6. The number of amides is 1. The maximum atomic E-state index is 12.6. The maximum Gasteiger partial charge on any atom is 0.277 e. The number of nitrogens with one attached hydrogen (secondary N) is 2. The minimum absolute atomic E-state index is 0.0136. The normalized spacial score (nSPS) is 12.7. The highest BCUT2D eigenvalue weighted by Gasteiger charge is 2.19. The van der Waals surface area contributed by atoms with E-state index in [9.17, 15) is 13.2 Å². The SMILES string of the molecule is O=C(Nc1ccc(S(=O)(=O)Nc2ncccn2)cc1)c1cc(-c2ccc3c(c2)OCCO3)on1. The van der Waals surface area contributed by atoms with Crippen LogP contribution < -0.4 is 19.5 Å². The van der Waals surface area contributed by atoms with Crippen molar-refractivity contribution in [2.45, 2.75) is 4.90 Å². The van der Waals surface area contributed by atoms with E-state index in [1.165, 1.54) is 42.7 Å². The molecule has 172 valence electrons. The first-order valence-corrected chi connectivity index (χ1v) is 11.5.